The number of cyclic esters (lactones) is 1. The third kappa shape index (κ3) is 3.28. The van der Waals surface area contributed by atoms with Gasteiger partial charge in [0.15, 0.2) is 0 Å². The molecule has 1 heterocycles. The highest BCUT2D eigenvalue weighted by molar-refractivity contribution is 6.08. The molecule has 1 atom stereocenters. The molecule has 0 radical (unpaired) electrons. The number of hydrogen-bond acceptors (Lipinski definition) is 4. The van der Waals surface area contributed by atoms with Gasteiger partial charge in [-0.3, -0.25) is 0 Å². The average molecular weight is 344 g/mol. The summed E-state index contributed by atoms with van der Waals surface area (Å²) in [6, 6.07) is 27.9. The number of hydrogen-bond donors (Lipinski definition) is 0. The number of ether oxygens (including phenoxy) is 2. The quantitative estimate of drug-likeness (QED) is 0.702. The first-order valence-corrected chi connectivity index (χ1v) is 8.23. The van der Waals surface area contributed by atoms with Crippen LogP contribution in [0, 0.1) is 0 Å². The molecule has 0 N–H and O–H groups in total. The molecule has 1 aliphatic heterocycles. The first kappa shape index (κ1) is 15.9. The molecule has 26 heavy (non-hydrogen) atoms. The fraction of sp³-hybridized carbons (Fsp3) is 0.0476. The Hall–Kier alpha value is -3.60. The SMILES string of the molecule is O=C1OC(Oc2ccccc2)C(c2ccccc2)=NN1c1ccccc1. The largest absolute Gasteiger partial charge is 0.449 e. The van der Waals surface area contributed by atoms with Gasteiger partial charge >= 0.3 is 6.09 Å². The van der Waals surface area contributed by atoms with Crippen molar-refractivity contribution in [1.29, 1.82) is 0 Å². The number of amides is 1. The van der Waals surface area contributed by atoms with Crippen LogP contribution < -0.4 is 9.75 Å². The lowest BCUT2D eigenvalue weighted by Gasteiger charge is -2.29. The average Bonchev–Trinajstić information content (AvgIpc) is 2.70. The highest BCUT2D eigenvalue weighted by Crippen LogP contribution is 2.24. The lowest BCUT2D eigenvalue weighted by Crippen LogP contribution is -2.44. The lowest BCUT2D eigenvalue weighted by molar-refractivity contribution is 0.0153. The second-order valence-electron chi connectivity index (χ2n) is 5.65. The van der Waals surface area contributed by atoms with E-state index in [9.17, 15) is 4.79 Å². The maximum absolute atomic E-state index is 12.5. The third-order valence-electron chi connectivity index (χ3n) is 3.87. The van der Waals surface area contributed by atoms with Crippen molar-refractivity contribution in [3.05, 3.63) is 96.6 Å². The van der Waals surface area contributed by atoms with Crippen LogP contribution in [0.5, 0.6) is 5.75 Å². The summed E-state index contributed by atoms with van der Waals surface area (Å²) >= 11 is 0. The van der Waals surface area contributed by atoms with Gasteiger partial charge in [0.25, 0.3) is 6.29 Å². The number of benzene rings is 3. The summed E-state index contributed by atoms with van der Waals surface area (Å²) in [4.78, 5) is 12.5. The van der Waals surface area contributed by atoms with Crippen LogP contribution in [-0.4, -0.2) is 18.1 Å². The van der Waals surface area contributed by atoms with Crippen LogP contribution in [0.15, 0.2) is 96.1 Å². The minimum absolute atomic E-state index is 0.526. The fourth-order valence-corrected chi connectivity index (χ4v) is 2.63. The van der Waals surface area contributed by atoms with Crippen LogP contribution in [0.4, 0.5) is 10.5 Å². The van der Waals surface area contributed by atoms with Crippen molar-refractivity contribution >= 4 is 17.5 Å². The number of hydrazone groups is 1. The minimum atomic E-state index is -0.924. The summed E-state index contributed by atoms with van der Waals surface area (Å²) in [5.74, 6) is 0.599. The van der Waals surface area contributed by atoms with Gasteiger partial charge in [0.1, 0.15) is 11.5 Å². The number of carbonyl (C=O) groups excluding carboxylic acids is 1. The first-order chi connectivity index (χ1) is 12.8. The normalized spacial score (nSPS) is 16.6. The van der Waals surface area contributed by atoms with Crippen molar-refractivity contribution in [1.82, 2.24) is 0 Å². The van der Waals surface area contributed by atoms with Gasteiger partial charge in [-0.2, -0.15) is 10.1 Å². The molecular formula is C21H16N2O3. The Morgan fingerprint density at radius 2 is 1.38 bits per heavy atom. The zero-order valence-electron chi connectivity index (χ0n) is 13.9. The Kier molecular flexibility index (Phi) is 4.35. The molecule has 5 nitrogen and oxygen atoms in total. The van der Waals surface area contributed by atoms with E-state index in [1.807, 2.05) is 66.7 Å². The topological polar surface area (TPSA) is 51.1 Å². The second kappa shape index (κ2) is 7.11. The highest BCUT2D eigenvalue weighted by atomic mass is 16.7. The number of anilines is 1. The number of rotatable bonds is 4. The maximum atomic E-state index is 12.5. The van der Waals surface area contributed by atoms with Gasteiger partial charge in [0, 0.05) is 5.56 Å². The summed E-state index contributed by atoms with van der Waals surface area (Å²) in [5, 5.41) is 5.77. The Bertz CT molecular complexity index is 912. The Labute approximate surface area is 151 Å². The van der Waals surface area contributed by atoms with Crippen molar-refractivity contribution < 1.29 is 14.3 Å². The molecule has 0 saturated carbocycles. The van der Waals surface area contributed by atoms with E-state index < -0.39 is 12.4 Å². The lowest BCUT2D eigenvalue weighted by atomic mass is 10.1. The maximum Gasteiger partial charge on any atom is 0.438 e. The molecular weight excluding hydrogens is 328 g/mol. The van der Waals surface area contributed by atoms with Gasteiger partial charge in [-0.15, -0.1) is 0 Å². The molecule has 0 saturated heterocycles. The molecule has 1 amide bonds. The summed E-state index contributed by atoms with van der Waals surface area (Å²) in [6.07, 6.45) is -1.51. The molecule has 3 aromatic carbocycles. The van der Waals surface area contributed by atoms with Crippen molar-refractivity contribution in [2.45, 2.75) is 6.29 Å². The molecule has 0 bridgehead atoms. The standard InChI is InChI=1S/C21H16N2O3/c24-21-23(17-12-6-2-7-13-17)22-19(16-10-4-1-5-11-16)20(26-21)25-18-14-8-3-9-15-18/h1-15,20H. The number of carbonyl (C=O) groups is 1. The molecule has 1 aliphatic rings. The molecule has 4 rings (SSSR count). The van der Waals surface area contributed by atoms with Crippen LogP contribution in [-0.2, 0) is 4.74 Å². The third-order valence-corrected chi connectivity index (χ3v) is 3.87. The van der Waals surface area contributed by atoms with E-state index >= 15 is 0 Å². The fourth-order valence-electron chi connectivity index (χ4n) is 2.63. The van der Waals surface area contributed by atoms with E-state index in [4.69, 9.17) is 9.47 Å². The summed E-state index contributed by atoms with van der Waals surface area (Å²) in [6.45, 7) is 0. The molecule has 3 aromatic rings. The van der Waals surface area contributed by atoms with Crippen molar-refractivity contribution in [2.75, 3.05) is 5.01 Å². The highest BCUT2D eigenvalue weighted by Gasteiger charge is 2.34. The van der Waals surface area contributed by atoms with Gasteiger partial charge in [-0.1, -0.05) is 66.7 Å². The van der Waals surface area contributed by atoms with Crippen LogP contribution in [0.3, 0.4) is 0 Å². The molecule has 0 aromatic heterocycles. The molecule has 0 fully saturated rings. The number of para-hydroxylation sites is 2. The molecule has 5 heteroatoms. The predicted octanol–water partition coefficient (Wildman–Crippen LogP) is 4.45. The molecule has 128 valence electrons. The van der Waals surface area contributed by atoms with Crippen molar-refractivity contribution in [3.63, 3.8) is 0 Å². The van der Waals surface area contributed by atoms with E-state index in [1.54, 1.807) is 24.3 Å². The van der Waals surface area contributed by atoms with Gasteiger partial charge in [0.05, 0.1) is 5.69 Å². The van der Waals surface area contributed by atoms with E-state index in [2.05, 4.69) is 5.10 Å². The summed E-state index contributed by atoms with van der Waals surface area (Å²) in [7, 11) is 0. The Balaban J connectivity index is 1.73. The minimum Gasteiger partial charge on any atom is -0.449 e. The number of nitrogens with zero attached hydrogens (tertiary/aromatic N) is 2. The predicted molar refractivity (Wildman–Crippen MR) is 99.2 cm³/mol. The Morgan fingerprint density at radius 3 is 2.04 bits per heavy atom. The Morgan fingerprint density at radius 1 is 0.808 bits per heavy atom. The van der Waals surface area contributed by atoms with Crippen LogP contribution in [0.2, 0.25) is 0 Å². The van der Waals surface area contributed by atoms with E-state index in [0.29, 0.717) is 17.1 Å². The van der Waals surface area contributed by atoms with E-state index in [-0.39, 0.29) is 0 Å². The van der Waals surface area contributed by atoms with Crippen LogP contribution >= 0.6 is 0 Å². The molecule has 0 spiro atoms. The molecule has 1 unspecified atom stereocenters. The van der Waals surface area contributed by atoms with Crippen LogP contribution in [0.1, 0.15) is 5.56 Å². The van der Waals surface area contributed by atoms with Crippen LogP contribution in [0.25, 0.3) is 0 Å². The zero-order valence-corrected chi connectivity index (χ0v) is 13.9. The van der Waals surface area contributed by atoms with Gasteiger partial charge in [-0.25, -0.2) is 4.79 Å². The van der Waals surface area contributed by atoms with E-state index in [0.717, 1.165) is 5.56 Å². The summed E-state index contributed by atoms with van der Waals surface area (Å²) in [5.41, 5.74) is 1.98. The monoisotopic (exact) mass is 344 g/mol. The van der Waals surface area contributed by atoms with E-state index in [1.165, 1.54) is 5.01 Å². The van der Waals surface area contributed by atoms with Gasteiger partial charge in [0.2, 0.25) is 0 Å². The van der Waals surface area contributed by atoms with Crippen molar-refractivity contribution in [2.24, 2.45) is 5.10 Å². The second-order valence-corrected chi connectivity index (χ2v) is 5.65. The van der Waals surface area contributed by atoms with Gasteiger partial charge in [-0.05, 0) is 24.3 Å². The zero-order chi connectivity index (χ0) is 17.8. The molecule has 0 aliphatic carbocycles. The summed E-state index contributed by atoms with van der Waals surface area (Å²) < 4.78 is 11.4. The smallest absolute Gasteiger partial charge is 0.438 e. The van der Waals surface area contributed by atoms with Gasteiger partial charge < -0.3 is 9.47 Å². The first-order valence-electron chi connectivity index (χ1n) is 8.23. The van der Waals surface area contributed by atoms with Crippen molar-refractivity contribution in [3.8, 4) is 5.75 Å².